The summed E-state index contributed by atoms with van der Waals surface area (Å²) in [6, 6.07) is 11.1. The Morgan fingerprint density at radius 2 is 1.67 bits per heavy atom. The predicted octanol–water partition coefficient (Wildman–Crippen LogP) is 4.49. The van der Waals surface area contributed by atoms with E-state index in [0.29, 0.717) is 0 Å². The van der Waals surface area contributed by atoms with E-state index in [2.05, 4.69) is 75.7 Å². The lowest BCUT2D eigenvalue weighted by Gasteiger charge is -2.49. The third kappa shape index (κ3) is 1.17. The number of hydrogen-bond donors (Lipinski definition) is 0. The molecule has 1 aliphatic rings. The second-order valence-electron chi connectivity index (χ2n) is 6.44. The first-order chi connectivity index (χ1) is 8.37. The molecule has 94 valence electrons. The molecule has 0 fully saturated rings. The Morgan fingerprint density at radius 3 is 2.39 bits per heavy atom. The van der Waals surface area contributed by atoms with Gasteiger partial charge in [-0.15, -0.1) is 0 Å². The molecule has 0 atom stereocenters. The van der Waals surface area contributed by atoms with Crippen molar-refractivity contribution < 1.29 is 0 Å². The highest BCUT2D eigenvalue weighted by molar-refractivity contribution is 5.72. The summed E-state index contributed by atoms with van der Waals surface area (Å²) in [6.07, 6.45) is 2.21. The summed E-state index contributed by atoms with van der Waals surface area (Å²) >= 11 is 0. The molecule has 18 heavy (non-hydrogen) atoms. The van der Waals surface area contributed by atoms with E-state index in [4.69, 9.17) is 0 Å². The summed E-state index contributed by atoms with van der Waals surface area (Å²) in [4.78, 5) is 0. The van der Waals surface area contributed by atoms with E-state index < -0.39 is 0 Å². The average molecular weight is 239 g/mol. The van der Waals surface area contributed by atoms with Crippen molar-refractivity contribution in [1.29, 1.82) is 0 Å². The Morgan fingerprint density at radius 1 is 0.944 bits per heavy atom. The first-order valence-corrected chi connectivity index (χ1v) is 6.65. The van der Waals surface area contributed by atoms with Crippen molar-refractivity contribution in [2.75, 3.05) is 0 Å². The van der Waals surface area contributed by atoms with Crippen LogP contribution < -0.4 is 0 Å². The highest BCUT2D eigenvalue weighted by Crippen LogP contribution is 2.50. The molecule has 0 bridgehead atoms. The maximum Gasteiger partial charge on any atom is 0.0491 e. The molecular formula is C17H21N. The van der Waals surface area contributed by atoms with E-state index in [1.807, 2.05) is 0 Å². The maximum atomic E-state index is 2.43. The van der Waals surface area contributed by atoms with Crippen molar-refractivity contribution in [3.8, 4) is 11.3 Å². The van der Waals surface area contributed by atoms with Crippen LogP contribution in [0.5, 0.6) is 0 Å². The Balaban J connectivity index is 2.46. The summed E-state index contributed by atoms with van der Waals surface area (Å²) < 4.78 is 2.43. The van der Waals surface area contributed by atoms with E-state index in [9.17, 15) is 0 Å². The Labute approximate surface area is 109 Å². The zero-order valence-electron chi connectivity index (χ0n) is 11.9. The molecule has 3 rings (SSSR count). The lowest BCUT2D eigenvalue weighted by atomic mass is 9.65. The van der Waals surface area contributed by atoms with Crippen LogP contribution in [-0.2, 0) is 11.0 Å². The number of fused-ring (bicyclic) bond motifs is 3. The minimum Gasteiger partial charge on any atom is -0.341 e. The number of rotatable bonds is 0. The third-order valence-corrected chi connectivity index (χ3v) is 5.08. The zero-order valence-corrected chi connectivity index (χ0v) is 11.9. The summed E-state index contributed by atoms with van der Waals surface area (Å²) in [5, 5.41) is 0. The molecule has 0 aliphatic carbocycles. The van der Waals surface area contributed by atoms with Crippen LogP contribution in [0.4, 0.5) is 0 Å². The van der Waals surface area contributed by atoms with Gasteiger partial charge in [0.1, 0.15) is 0 Å². The second kappa shape index (κ2) is 3.28. The van der Waals surface area contributed by atoms with Crippen molar-refractivity contribution in [2.45, 2.75) is 45.6 Å². The molecule has 2 aromatic rings. The standard InChI is InChI=1S/C17H21N/c1-12-8-6-9-13-15(12)14-10-7-11-18(14)17(4,5)16(13,2)3/h6-11H,1-5H3. The number of aryl methyl sites for hydroxylation is 1. The van der Waals surface area contributed by atoms with E-state index in [1.165, 1.54) is 22.4 Å². The van der Waals surface area contributed by atoms with Gasteiger partial charge in [0.2, 0.25) is 0 Å². The van der Waals surface area contributed by atoms with E-state index in [0.717, 1.165) is 0 Å². The van der Waals surface area contributed by atoms with Gasteiger partial charge in [-0.25, -0.2) is 0 Å². The van der Waals surface area contributed by atoms with Crippen molar-refractivity contribution in [2.24, 2.45) is 0 Å². The lowest BCUT2D eigenvalue weighted by molar-refractivity contribution is 0.197. The molecule has 0 saturated heterocycles. The fraction of sp³-hybridized carbons (Fsp3) is 0.412. The zero-order chi connectivity index (χ0) is 13.1. The fourth-order valence-corrected chi connectivity index (χ4v) is 3.23. The second-order valence-corrected chi connectivity index (χ2v) is 6.44. The van der Waals surface area contributed by atoms with Gasteiger partial charge in [0, 0.05) is 28.4 Å². The highest BCUT2D eigenvalue weighted by atomic mass is 15.1. The monoisotopic (exact) mass is 239 g/mol. The maximum absolute atomic E-state index is 2.43. The van der Waals surface area contributed by atoms with Gasteiger partial charge in [0.15, 0.2) is 0 Å². The SMILES string of the molecule is Cc1cccc2c1-c1cccn1C(C)(C)C2(C)C. The highest BCUT2D eigenvalue weighted by Gasteiger charge is 2.45. The summed E-state index contributed by atoms with van der Waals surface area (Å²) in [6.45, 7) is 11.6. The van der Waals surface area contributed by atoms with Gasteiger partial charge in [-0.1, -0.05) is 32.0 Å². The average Bonchev–Trinajstić information content (AvgIpc) is 2.76. The molecule has 1 nitrogen and oxygen atoms in total. The molecule has 0 spiro atoms. The Kier molecular flexibility index (Phi) is 2.11. The van der Waals surface area contributed by atoms with Crippen LogP contribution in [0.1, 0.15) is 38.8 Å². The van der Waals surface area contributed by atoms with Gasteiger partial charge in [0.25, 0.3) is 0 Å². The number of aromatic nitrogens is 1. The molecule has 1 heteroatoms. The molecular weight excluding hydrogens is 218 g/mol. The van der Waals surface area contributed by atoms with E-state index in [1.54, 1.807) is 0 Å². The molecule has 1 aromatic heterocycles. The molecule has 1 aromatic carbocycles. The van der Waals surface area contributed by atoms with Crippen molar-refractivity contribution in [1.82, 2.24) is 4.57 Å². The summed E-state index contributed by atoms with van der Waals surface area (Å²) in [5.74, 6) is 0. The quantitative estimate of drug-likeness (QED) is 0.638. The van der Waals surface area contributed by atoms with Crippen LogP contribution in [0.3, 0.4) is 0 Å². The van der Waals surface area contributed by atoms with Crippen LogP contribution in [0.15, 0.2) is 36.5 Å². The number of hydrogen-bond acceptors (Lipinski definition) is 0. The number of benzene rings is 1. The third-order valence-electron chi connectivity index (χ3n) is 5.08. The van der Waals surface area contributed by atoms with Gasteiger partial charge < -0.3 is 4.57 Å². The Hall–Kier alpha value is -1.50. The topological polar surface area (TPSA) is 4.93 Å². The normalized spacial score (nSPS) is 19.2. The minimum atomic E-state index is 0.0899. The smallest absolute Gasteiger partial charge is 0.0491 e. The lowest BCUT2D eigenvalue weighted by Crippen LogP contribution is -2.48. The van der Waals surface area contributed by atoms with Gasteiger partial charge in [-0.2, -0.15) is 0 Å². The van der Waals surface area contributed by atoms with Crippen molar-refractivity contribution in [3.05, 3.63) is 47.7 Å². The van der Waals surface area contributed by atoms with Crippen molar-refractivity contribution >= 4 is 0 Å². The van der Waals surface area contributed by atoms with Gasteiger partial charge >= 0.3 is 0 Å². The number of nitrogens with zero attached hydrogens (tertiary/aromatic N) is 1. The molecule has 0 amide bonds. The molecule has 0 unspecified atom stereocenters. The summed E-state index contributed by atoms with van der Waals surface area (Å²) in [7, 11) is 0. The van der Waals surface area contributed by atoms with Crippen LogP contribution in [0.25, 0.3) is 11.3 Å². The van der Waals surface area contributed by atoms with Gasteiger partial charge in [0.05, 0.1) is 0 Å². The van der Waals surface area contributed by atoms with Crippen molar-refractivity contribution in [3.63, 3.8) is 0 Å². The largest absolute Gasteiger partial charge is 0.341 e. The molecule has 0 N–H and O–H groups in total. The van der Waals surface area contributed by atoms with E-state index in [-0.39, 0.29) is 11.0 Å². The minimum absolute atomic E-state index is 0.0899. The first kappa shape index (κ1) is 11.6. The molecule has 2 heterocycles. The van der Waals surface area contributed by atoms with Crippen LogP contribution in [-0.4, -0.2) is 4.57 Å². The van der Waals surface area contributed by atoms with Gasteiger partial charge in [-0.05, 0) is 44.0 Å². The van der Waals surface area contributed by atoms with Crippen LogP contribution >= 0.6 is 0 Å². The fourth-order valence-electron chi connectivity index (χ4n) is 3.23. The molecule has 0 saturated carbocycles. The Bertz CT molecular complexity index is 614. The van der Waals surface area contributed by atoms with Crippen LogP contribution in [0.2, 0.25) is 0 Å². The van der Waals surface area contributed by atoms with Crippen LogP contribution in [0, 0.1) is 6.92 Å². The molecule has 0 radical (unpaired) electrons. The predicted molar refractivity (Wildman–Crippen MR) is 77.0 cm³/mol. The van der Waals surface area contributed by atoms with Gasteiger partial charge in [-0.3, -0.25) is 0 Å². The summed E-state index contributed by atoms with van der Waals surface area (Å²) in [5.41, 5.74) is 5.83. The molecule has 1 aliphatic heterocycles. The van der Waals surface area contributed by atoms with E-state index >= 15 is 0 Å². The first-order valence-electron chi connectivity index (χ1n) is 6.65.